The Kier molecular flexibility index (Phi) is 2.59. The molecule has 0 aliphatic rings. The third-order valence-electron chi connectivity index (χ3n) is 0.216. The summed E-state index contributed by atoms with van der Waals surface area (Å²) in [6, 6.07) is 0. The molecule has 5 heavy (non-hydrogen) atoms. The molecule has 0 saturated heterocycles. The molecule has 0 spiro atoms. The monoisotopic (exact) mass is 91.0 g/mol. The largest absolute Gasteiger partial charge is 0.287 e. The Morgan fingerprint density at radius 1 is 2.40 bits per heavy atom. The molecule has 0 amide bonds. The molecule has 0 fully saturated rings. The molecule has 0 aliphatic heterocycles. The fourth-order valence-electron chi connectivity index (χ4n) is 0.0667. The van der Waals surface area contributed by atoms with Gasteiger partial charge in [0, 0.05) is 0 Å². The van der Waals surface area contributed by atoms with Crippen LogP contribution in [0.2, 0.25) is 0 Å². The van der Waals surface area contributed by atoms with E-state index in [9.17, 15) is 0 Å². The molecule has 1 nitrogen and oxygen atoms in total. The Hall–Kier alpha value is 0.0200. The van der Waals surface area contributed by atoms with Crippen LogP contribution in [-0.2, 0) is 0 Å². The number of nitrogens with zero attached hydrogens (tertiary/aromatic N) is 1. The highest BCUT2D eigenvalue weighted by molar-refractivity contribution is 7.80. The van der Waals surface area contributed by atoms with Crippen molar-refractivity contribution < 1.29 is 1.37 Å². The van der Waals surface area contributed by atoms with E-state index in [0.717, 1.165) is 0 Å². The molecule has 0 saturated carbocycles. The molecule has 0 rings (SSSR count). The molecular formula is C3H7NS. The third-order valence-corrected chi connectivity index (χ3v) is 0.349. The maximum absolute atomic E-state index is 6.64. The highest BCUT2D eigenvalue weighted by Gasteiger charge is 1.51. The van der Waals surface area contributed by atoms with Crippen molar-refractivity contribution in [3.8, 4) is 0 Å². The predicted molar refractivity (Wildman–Crippen MR) is 28.0 cm³/mol. The minimum atomic E-state index is -0.588. The minimum Gasteiger partial charge on any atom is -0.287 e. The Labute approximate surface area is 38.9 Å². The standard InChI is InChI=1S/C3H7NS/c1-2-4-3-5/h2,5H,3H2,1H3/i3T. The number of thiol groups is 1. The summed E-state index contributed by atoms with van der Waals surface area (Å²) in [6.07, 6.45) is 1.56. The van der Waals surface area contributed by atoms with Crippen LogP contribution in [-0.4, -0.2) is 12.1 Å². The van der Waals surface area contributed by atoms with Crippen LogP contribution in [0.4, 0.5) is 0 Å². The molecule has 1 atom stereocenters. The Bertz CT molecular complexity index is 52.8. The number of rotatable bonds is 1. The second-order valence-electron chi connectivity index (χ2n) is 0.523. The van der Waals surface area contributed by atoms with Crippen LogP contribution in [0.5, 0.6) is 0 Å². The molecule has 0 aliphatic carbocycles. The Morgan fingerprint density at radius 3 is 3.00 bits per heavy atom. The summed E-state index contributed by atoms with van der Waals surface area (Å²) in [4.78, 5) is 3.53. The van der Waals surface area contributed by atoms with Crippen molar-refractivity contribution >= 4 is 18.8 Å². The molecule has 0 N–H and O–H groups in total. The van der Waals surface area contributed by atoms with Crippen molar-refractivity contribution in [2.75, 3.05) is 5.85 Å². The van der Waals surface area contributed by atoms with Crippen molar-refractivity contribution in [3.05, 3.63) is 0 Å². The lowest BCUT2D eigenvalue weighted by molar-refractivity contribution is 1.40. The Balaban J connectivity index is 3.03. The molecule has 0 radical (unpaired) electrons. The van der Waals surface area contributed by atoms with Crippen molar-refractivity contribution in [2.24, 2.45) is 4.99 Å². The van der Waals surface area contributed by atoms with Gasteiger partial charge in [0.05, 0.1) is 7.22 Å². The van der Waals surface area contributed by atoms with Crippen molar-refractivity contribution in [2.45, 2.75) is 6.92 Å². The van der Waals surface area contributed by atoms with Crippen molar-refractivity contribution in [3.63, 3.8) is 0 Å². The number of hydrogen-bond donors (Lipinski definition) is 1. The zero-order chi connectivity index (χ0) is 4.99. The first kappa shape index (κ1) is 3.22. The van der Waals surface area contributed by atoms with E-state index in [0.29, 0.717) is 0 Å². The van der Waals surface area contributed by atoms with E-state index in [-0.39, 0.29) is 0 Å². The summed E-state index contributed by atoms with van der Waals surface area (Å²) in [7, 11) is 0. The second kappa shape index (κ2) is 4.02. The van der Waals surface area contributed by atoms with E-state index < -0.39 is 5.85 Å². The molecule has 2 heteroatoms. The van der Waals surface area contributed by atoms with Gasteiger partial charge in [-0.25, -0.2) is 0 Å². The van der Waals surface area contributed by atoms with E-state index in [1.807, 2.05) is 0 Å². The summed E-state index contributed by atoms with van der Waals surface area (Å²) < 4.78 is 6.64. The number of hydrogen-bond acceptors (Lipinski definition) is 2. The fraction of sp³-hybridized carbons (Fsp3) is 0.667. The third kappa shape index (κ3) is 4.02. The molecule has 0 aromatic heterocycles. The SMILES string of the molecule is [3H]C(S)N=CC. The van der Waals surface area contributed by atoms with Gasteiger partial charge in [-0.05, 0) is 13.1 Å². The van der Waals surface area contributed by atoms with Gasteiger partial charge in [0.25, 0.3) is 0 Å². The highest BCUT2D eigenvalue weighted by atomic mass is 32.1. The lowest BCUT2D eigenvalue weighted by atomic mass is 10.9. The zero-order valence-corrected chi connectivity index (χ0v) is 3.94. The predicted octanol–water partition coefficient (Wildman–Crippen LogP) is 0.964. The van der Waals surface area contributed by atoms with Crippen LogP contribution >= 0.6 is 12.6 Å². The van der Waals surface area contributed by atoms with E-state index in [1.165, 1.54) is 0 Å². The van der Waals surface area contributed by atoms with E-state index in [1.54, 1.807) is 13.1 Å². The number of aliphatic imine (C=N–C) groups is 1. The summed E-state index contributed by atoms with van der Waals surface area (Å²) in [6.45, 7) is 1.76. The van der Waals surface area contributed by atoms with Crippen LogP contribution < -0.4 is 0 Å². The molecule has 0 bridgehead atoms. The fourth-order valence-corrected chi connectivity index (χ4v) is 0.200. The van der Waals surface area contributed by atoms with Gasteiger partial charge in [-0.3, -0.25) is 4.99 Å². The molecular weight excluding hydrogens is 82.1 g/mol. The van der Waals surface area contributed by atoms with E-state index in [2.05, 4.69) is 17.6 Å². The van der Waals surface area contributed by atoms with E-state index in [4.69, 9.17) is 1.37 Å². The molecule has 0 aromatic rings. The first-order chi connectivity index (χ1) is 2.77. The van der Waals surface area contributed by atoms with E-state index >= 15 is 0 Å². The summed E-state index contributed by atoms with van der Waals surface area (Å²) in [5.41, 5.74) is 0. The van der Waals surface area contributed by atoms with Gasteiger partial charge in [-0.15, -0.1) is 0 Å². The highest BCUT2D eigenvalue weighted by Crippen LogP contribution is 1.68. The molecule has 0 aromatic carbocycles. The summed E-state index contributed by atoms with van der Waals surface area (Å²) >= 11 is 3.65. The van der Waals surface area contributed by atoms with Crippen LogP contribution in [0, 0.1) is 0 Å². The van der Waals surface area contributed by atoms with Crippen LogP contribution in [0.25, 0.3) is 0 Å². The lowest BCUT2D eigenvalue weighted by Gasteiger charge is -1.67. The maximum Gasteiger partial charge on any atom is 0.0810 e. The van der Waals surface area contributed by atoms with Crippen LogP contribution in [0.1, 0.15) is 8.29 Å². The van der Waals surface area contributed by atoms with Gasteiger partial charge in [0.15, 0.2) is 0 Å². The van der Waals surface area contributed by atoms with Gasteiger partial charge < -0.3 is 0 Å². The second-order valence-corrected chi connectivity index (χ2v) is 0.754. The summed E-state index contributed by atoms with van der Waals surface area (Å²) in [5.74, 6) is -0.588. The lowest BCUT2D eigenvalue weighted by Crippen LogP contribution is -1.58. The topological polar surface area (TPSA) is 12.4 Å². The normalized spacial score (nSPS) is 19.2. The Morgan fingerprint density at radius 2 is 3.00 bits per heavy atom. The summed E-state index contributed by atoms with van der Waals surface area (Å²) in [5, 5.41) is 0. The van der Waals surface area contributed by atoms with Crippen molar-refractivity contribution in [1.82, 2.24) is 0 Å². The van der Waals surface area contributed by atoms with Crippen LogP contribution in [0.15, 0.2) is 4.99 Å². The van der Waals surface area contributed by atoms with Gasteiger partial charge in [0.1, 0.15) is 0 Å². The molecule has 1 unspecified atom stereocenters. The average Bonchev–Trinajstić information content (AvgIpc) is 1.35. The van der Waals surface area contributed by atoms with Crippen LogP contribution in [0.3, 0.4) is 0 Å². The van der Waals surface area contributed by atoms with Gasteiger partial charge in [-0.2, -0.15) is 12.6 Å². The van der Waals surface area contributed by atoms with Gasteiger partial charge in [-0.1, -0.05) is 0 Å². The first-order valence-corrected chi connectivity index (χ1v) is 1.87. The van der Waals surface area contributed by atoms with Crippen molar-refractivity contribution in [1.29, 1.82) is 0 Å². The maximum atomic E-state index is 6.64. The van der Waals surface area contributed by atoms with Gasteiger partial charge >= 0.3 is 0 Å². The average molecular weight is 91.2 g/mol. The quantitative estimate of drug-likeness (QED) is 0.364. The zero-order valence-electron chi connectivity index (χ0n) is 4.05. The smallest absolute Gasteiger partial charge is 0.0810 e. The molecule has 0 heterocycles. The molecule has 30 valence electrons. The minimum absolute atomic E-state index is 0.588. The van der Waals surface area contributed by atoms with Gasteiger partial charge in [0.2, 0.25) is 0 Å². The first-order valence-electron chi connectivity index (χ1n) is 1.93.